The van der Waals surface area contributed by atoms with Gasteiger partial charge in [-0.1, -0.05) is 109 Å². The number of hydrogen-bond acceptors (Lipinski definition) is 4. The maximum absolute atomic E-state index is 14.8. The normalized spacial score (nSPS) is 11.6. The number of para-hydroxylation sites is 1. The summed E-state index contributed by atoms with van der Waals surface area (Å²) < 4.78 is 43.2. The molecular weight excluding hydrogens is 578 g/mol. The Morgan fingerprint density at radius 3 is 2.04 bits per heavy atom. The monoisotopic (exact) mass is 609 g/mol. The molecule has 0 bridgehead atoms. The van der Waals surface area contributed by atoms with Gasteiger partial charge >= 0.3 is 0 Å². The molecule has 0 unspecified atom stereocenters. The molecule has 0 atom stereocenters. The van der Waals surface area contributed by atoms with Crippen LogP contribution in [0.15, 0.2) is 144 Å². The van der Waals surface area contributed by atoms with Gasteiger partial charge in [-0.2, -0.15) is 0 Å². The van der Waals surface area contributed by atoms with Gasteiger partial charge in [0.15, 0.2) is 0 Å². The van der Waals surface area contributed by atoms with Crippen LogP contribution in [0.25, 0.3) is 44.1 Å². The van der Waals surface area contributed by atoms with E-state index >= 15 is 0 Å². The molecule has 0 N–H and O–H groups in total. The molecule has 5 nitrogen and oxygen atoms in total. The van der Waals surface area contributed by atoms with Crippen molar-refractivity contribution >= 4 is 31.7 Å². The van der Waals surface area contributed by atoms with E-state index in [1.54, 1.807) is 19.2 Å². The lowest BCUT2D eigenvalue weighted by Crippen LogP contribution is -2.15. The van der Waals surface area contributed by atoms with Gasteiger partial charge in [-0.3, -0.25) is 0 Å². The fraction of sp³-hybridized carbons (Fsp3) is 0.0769. The highest BCUT2D eigenvalue weighted by Gasteiger charge is 2.31. The van der Waals surface area contributed by atoms with E-state index in [1.807, 2.05) is 134 Å². The van der Waals surface area contributed by atoms with Crippen molar-refractivity contribution in [2.24, 2.45) is 0 Å². The first-order valence-electron chi connectivity index (χ1n) is 14.7. The van der Waals surface area contributed by atoms with Gasteiger partial charge in [0.2, 0.25) is 0 Å². The average molecular weight is 610 g/mol. The quantitative estimate of drug-likeness (QED) is 0.172. The van der Waals surface area contributed by atoms with Crippen LogP contribution in [0, 0.1) is 6.92 Å². The van der Waals surface area contributed by atoms with E-state index in [9.17, 15) is 8.42 Å². The first kappa shape index (κ1) is 28.4. The number of hydrogen-bond donors (Lipinski definition) is 0. The third-order valence-electron chi connectivity index (χ3n) is 8.13. The molecule has 0 saturated heterocycles. The maximum atomic E-state index is 14.8. The highest BCUT2D eigenvalue weighted by atomic mass is 32.2. The Morgan fingerprint density at radius 1 is 0.644 bits per heavy atom. The van der Waals surface area contributed by atoms with Gasteiger partial charge in [-0.05, 0) is 65.2 Å². The number of aromatic nitrogens is 1. The molecule has 7 aromatic rings. The fourth-order valence-electron chi connectivity index (χ4n) is 5.90. The van der Waals surface area contributed by atoms with Crippen molar-refractivity contribution < 1.29 is 17.9 Å². The Morgan fingerprint density at radius 2 is 1.31 bits per heavy atom. The number of nitrogens with zero attached hydrogens (tertiary/aromatic N) is 1. The van der Waals surface area contributed by atoms with Crippen LogP contribution < -0.4 is 9.47 Å². The minimum absolute atomic E-state index is 0.211. The second-order valence-corrected chi connectivity index (χ2v) is 12.8. The van der Waals surface area contributed by atoms with Crippen molar-refractivity contribution in [2.45, 2.75) is 18.4 Å². The molecule has 0 fully saturated rings. The van der Waals surface area contributed by atoms with Crippen molar-refractivity contribution in [3.05, 3.63) is 151 Å². The minimum Gasteiger partial charge on any atom is -0.497 e. The molecule has 45 heavy (non-hydrogen) atoms. The standard InChI is InChI=1S/C39H31NO4S/c1-27-16-23-32(24-17-27)45(41,42)40-35-15-9-8-14-34(35)37(30-18-21-31(43-2)22-19-30)39(40)38-33-13-7-6-12-29(33)20-25-36(38)44-26-28-10-4-3-5-11-28/h3-25H,26H2,1-2H3. The first-order chi connectivity index (χ1) is 22.0. The van der Waals surface area contributed by atoms with Crippen LogP contribution in [0.1, 0.15) is 11.1 Å². The predicted molar refractivity (Wildman–Crippen MR) is 181 cm³/mol. The van der Waals surface area contributed by atoms with Gasteiger partial charge in [-0.25, -0.2) is 12.4 Å². The topological polar surface area (TPSA) is 57.5 Å². The molecule has 0 radical (unpaired) electrons. The lowest BCUT2D eigenvalue weighted by Gasteiger charge is -2.19. The highest BCUT2D eigenvalue weighted by Crippen LogP contribution is 2.48. The molecule has 0 aliphatic rings. The molecule has 0 spiro atoms. The van der Waals surface area contributed by atoms with E-state index in [2.05, 4.69) is 0 Å². The van der Waals surface area contributed by atoms with Crippen LogP contribution in [-0.4, -0.2) is 19.5 Å². The van der Waals surface area contributed by atoms with Gasteiger partial charge < -0.3 is 9.47 Å². The number of aryl methyl sites for hydroxylation is 1. The summed E-state index contributed by atoms with van der Waals surface area (Å²) in [4.78, 5) is 0.211. The third-order valence-corrected chi connectivity index (χ3v) is 9.86. The third kappa shape index (κ3) is 5.13. The summed E-state index contributed by atoms with van der Waals surface area (Å²) in [6.45, 7) is 2.27. The molecule has 0 aliphatic heterocycles. The highest BCUT2D eigenvalue weighted by molar-refractivity contribution is 7.90. The molecule has 1 aromatic heterocycles. The first-order valence-corrected chi connectivity index (χ1v) is 16.2. The summed E-state index contributed by atoms with van der Waals surface area (Å²) in [5.74, 6) is 1.31. The molecule has 7 rings (SSSR count). The van der Waals surface area contributed by atoms with E-state index in [-0.39, 0.29) is 4.90 Å². The zero-order valence-corrected chi connectivity index (χ0v) is 25.8. The van der Waals surface area contributed by atoms with E-state index in [0.29, 0.717) is 34.9 Å². The molecule has 1 heterocycles. The molecule has 6 heteroatoms. The van der Waals surface area contributed by atoms with Gasteiger partial charge in [0.05, 0.1) is 23.2 Å². The van der Waals surface area contributed by atoms with Crippen LogP contribution in [-0.2, 0) is 16.6 Å². The Bertz CT molecular complexity index is 2250. The number of ether oxygens (including phenoxy) is 2. The molecule has 0 saturated carbocycles. The molecule has 0 amide bonds. The second kappa shape index (κ2) is 11.6. The zero-order chi connectivity index (χ0) is 31.0. The Balaban J connectivity index is 1.61. The van der Waals surface area contributed by atoms with Crippen LogP contribution in [0.2, 0.25) is 0 Å². The predicted octanol–water partition coefficient (Wildman–Crippen LogP) is 9.26. The van der Waals surface area contributed by atoms with Crippen molar-refractivity contribution in [3.8, 4) is 33.9 Å². The van der Waals surface area contributed by atoms with Crippen molar-refractivity contribution in [2.75, 3.05) is 7.11 Å². The number of fused-ring (bicyclic) bond motifs is 2. The second-order valence-electron chi connectivity index (χ2n) is 11.0. The van der Waals surface area contributed by atoms with Gasteiger partial charge in [0.1, 0.15) is 18.1 Å². The Hall–Kier alpha value is -5.33. The van der Waals surface area contributed by atoms with E-state index < -0.39 is 10.0 Å². The molecule has 0 aliphatic carbocycles. The largest absolute Gasteiger partial charge is 0.497 e. The smallest absolute Gasteiger partial charge is 0.268 e. The van der Waals surface area contributed by atoms with Crippen LogP contribution in [0.3, 0.4) is 0 Å². The van der Waals surface area contributed by atoms with Crippen molar-refractivity contribution in [3.63, 3.8) is 0 Å². The zero-order valence-electron chi connectivity index (χ0n) is 25.0. The van der Waals surface area contributed by atoms with Crippen molar-refractivity contribution in [1.29, 1.82) is 0 Å². The van der Waals surface area contributed by atoms with Crippen LogP contribution >= 0.6 is 0 Å². The minimum atomic E-state index is -4.08. The summed E-state index contributed by atoms with van der Waals surface area (Å²) in [6.07, 6.45) is 0. The van der Waals surface area contributed by atoms with Crippen molar-refractivity contribution in [1.82, 2.24) is 3.97 Å². The summed E-state index contributed by atoms with van der Waals surface area (Å²) >= 11 is 0. The maximum Gasteiger partial charge on any atom is 0.268 e. The van der Waals surface area contributed by atoms with E-state index in [0.717, 1.165) is 38.4 Å². The SMILES string of the molecule is COc1ccc(-c2c(-c3c(OCc4ccccc4)ccc4ccccc34)n(S(=O)(=O)c3ccc(C)cc3)c3ccccc23)cc1. The molecule has 6 aromatic carbocycles. The lowest BCUT2D eigenvalue weighted by atomic mass is 9.94. The van der Waals surface area contributed by atoms with Gasteiger partial charge in [0, 0.05) is 16.5 Å². The lowest BCUT2D eigenvalue weighted by molar-refractivity contribution is 0.308. The Labute approximate surface area is 263 Å². The average Bonchev–Trinajstić information content (AvgIpc) is 3.43. The van der Waals surface area contributed by atoms with Gasteiger partial charge in [0.25, 0.3) is 10.0 Å². The van der Waals surface area contributed by atoms with Crippen LogP contribution in [0.5, 0.6) is 11.5 Å². The Kier molecular flexibility index (Phi) is 7.35. The van der Waals surface area contributed by atoms with E-state index in [4.69, 9.17) is 9.47 Å². The van der Waals surface area contributed by atoms with Gasteiger partial charge in [-0.15, -0.1) is 0 Å². The number of rotatable bonds is 8. The number of methoxy groups -OCH3 is 1. The summed E-state index contributed by atoms with van der Waals surface area (Å²) in [7, 11) is -2.45. The fourth-order valence-corrected chi connectivity index (χ4v) is 7.44. The number of benzene rings is 6. The molecular formula is C39H31NO4S. The summed E-state index contributed by atoms with van der Waals surface area (Å²) in [5, 5.41) is 2.68. The summed E-state index contributed by atoms with van der Waals surface area (Å²) in [5.41, 5.74) is 5.49. The van der Waals surface area contributed by atoms with E-state index in [1.165, 1.54) is 3.97 Å². The summed E-state index contributed by atoms with van der Waals surface area (Å²) in [6, 6.07) is 44.4. The van der Waals surface area contributed by atoms with Crippen LogP contribution in [0.4, 0.5) is 0 Å². The molecule has 222 valence electrons.